The third-order valence-electron chi connectivity index (χ3n) is 5.73. The average molecular weight is 428 g/mol. The monoisotopic (exact) mass is 427 g/mol. The highest BCUT2D eigenvalue weighted by molar-refractivity contribution is 7.16. The molecule has 2 aliphatic rings. The summed E-state index contributed by atoms with van der Waals surface area (Å²) in [4.78, 5) is 16.6. The Morgan fingerprint density at radius 1 is 1.28 bits per heavy atom. The number of aryl methyl sites for hydroxylation is 1. The van der Waals surface area contributed by atoms with E-state index in [1.54, 1.807) is 11.3 Å². The Hall–Kier alpha value is -2.28. The second-order valence-corrected chi connectivity index (χ2v) is 9.06. The lowest BCUT2D eigenvalue weighted by atomic mass is 10.0. The molecule has 3 aromatic rings. The van der Waals surface area contributed by atoms with Crippen LogP contribution in [-0.2, 0) is 13.0 Å². The van der Waals surface area contributed by atoms with E-state index in [2.05, 4.69) is 22.5 Å². The van der Waals surface area contributed by atoms with E-state index in [0.29, 0.717) is 10.8 Å². The molecule has 0 radical (unpaired) electrons. The van der Waals surface area contributed by atoms with Crippen molar-refractivity contribution in [1.82, 2.24) is 10.2 Å². The molecule has 0 saturated heterocycles. The van der Waals surface area contributed by atoms with Crippen LogP contribution in [0.2, 0.25) is 5.02 Å². The largest absolute Gasteiger partial charge is 0.457 e. The number of carbonyl (C=O) groups is 1. The van der Waals surface area contributed by atoms with Gasteiger partial charge in [-0.25, -0.2) is 0 Å². The lowest BCUT2D eigenvalue weighted by Crippen LogP contribution is -2.38. The number of halogens is 1. The molecular weight excluding hydrogens is 406 g/mol. The van der Waals surface area contributed by atoms with Gasteiger partial charge < -0.3 is 15.1 Å². The third-order valence-corrected chi connectivity index (χ3v) is 7.28. The maximum atomic E-state index is 12.9. The SMILES string of the molecule is CCN1CCc2c(sc3c2C(=O)NC(c2ccc(-c4ccc(C)c(Cl)c4)o2)N3)C1. The number of nitrogens with one attached hydrogen (secondary N) is 2. The number of fused-ring (bicyclic) bond motifs is 3. The normalized spacial score (nSPS) is 18.7. The molecule has 5 nitrogen and oxygen atoms in total. The number of amides is 1. The number of carbonyl (C=O) groups excluding carboxylic acids is 1. The molecule has 1 amide bonds. The lowest BCUT2D eigenvalue weighted by Gasteiger charge is -2.27. The van der Waals surface area contributed by atoms with Crippen molar-refractivity contribution in [2.75, 3.05) is 18.4 Å². The van der Waals surface area contributed by atoms with Crippen molar-refractivity contribution in [1.29, 1.82) is 0 Å². The van der Waals surface area contributed by atoms with E-state index in [0.717, 1.165) is 53.5 Å². The Morgan fingerprint density at radius 2 is 2.14 bits per heavy atom. The number of benzene rings is 1. The highest BCUT2D eigenvalue weighted by atomic mass is 35.5. The molecule has 0 fully saturated rings. The Morgan fingerprint density at radius 3 is 2.93 bits per heavy atom. The van der Waals surface area contributed by atoms with Crippen LogP contribution < -0.4 is 10.6 Å². The zero-order valence-corrected chi connectivity index (χ0v) is 17.9. The van der Waals surface area contributed by atoms with Gasteiger partial charge in [-0.3, -0.25) is 9.69 Å². The van der Waals surface area contributed by atoms with Crippen LogP contribution in [0.4, 0.5) is 5.00 Å². The molecule has 0 spiro atoms. The molecule has 2 aromatic heterocycles. The fourth-order valence-corrected chi connectivity index (χ4v) is 5.49. The molecular formula is C22H22ClN3O2S. The van der Waals surface area contributed by atoms with Gasteiger partial charge in [-0.2, -0.15) is 0 Å². The van der Waals surface area contributed by atoms with Gasteiger partial charge in [0.2, 0.25) is 0 Å². The summed E-state index contributed by atoms with van der Waals surface area (Å²) in [6.45, 7) is 7.10. The summed E-state index contributed by atoms with van der Waals surface area (Å²) in [5, 5.41) is 8.18. The minimum Gasteiger partial charge on any atom is -0.457 e. The number of hydrogen-bond donors (Lipinski definition) is 2. The summed E-state index contributed by atoms with van der Waals surface area (Å²) < 4.78 is 6.06. The molecule has 5 rings (SSSR count). The van der Waals surface area contributed by atoms with Crippen molar-refractivity contribution in [3.63, 3.8) is 0 Å². The zero-order chi connectivity index (χ0) is 20.1. The molecule has 4 heterocycles. The number of hydrogen-bond acceptors (Lipinski definition) is 5. The van der Waals surface area contributed by atoms with E-state index in [9.17, 15) is 4.79 Å². The number of furan rings is 1. The molecule has 0 bridgehead atoms. The zero-order valence-electron chi connectivity index (χ0n) is 16.3. The Bertz CT molecular complexity index is 1100. The molecule has 7 heteroatoms. The van der Waals surface area contributed by atoms with Crippen LogP contribution in [0.1, 0.15) is 45.2 Å². The average Bonchev–Trinajstić information content (AvgIpc) is 3.34. The smallest absolute Gasteiger partial charge is 0.256 e. The van der Waals surface area contributed by atoms with Crippen LogP contribution in [-0.4, -0.2) is 23.9 Å². The molecule has 1 aromatic carbocycles. The van der Waals surface area contributed by atoms with E-state index in [4.69, 9.17) is 16.0 Å². The number of rotatable bonds is 3. The standard InChI is InChI=1S/C22H22ClN3O2S/c1-3-26-9-8-14-18(11-26)29-22-19(14)21(27)24-20(25-22)17-7-6-16(28-17)13-5-4-12(2)15(23)10-13/h4-7,10,20,25H,3,8-9,11H2,1-2H3,(H,24,27). The van der Waals surface area contributed by atoms with Gasteiger partial charge in [0.15, 0.2) is 6.17 Å². The van der Waals surface area contributed by atoms with Crippen LogP contribution in [0.3, 0.4) is 0 Å². The summed E-state index contributed by atoms with van der Waals surface area (Å²) in [5.74, 6) is 1.38. The van der Waals surface area contributed by atoms with Gasteiger partial charge >= 0.3 is 0 Å². The van der Waals surface area contributed by atoms with Crippen molar-refractivity contribution in [2.24, 2.45) is 0 Å². The highest BCUT2D eigenvalue weighted by Gasteiger charge is 2.34. The lowest BCUT2D eigenvalue weighted by molar-refractivity contribution is 0.0930. The van der Waals surface area contributed by atoms with Gasteiger partial charge in [-0.05, 0) is 49.2 Å². The fourth-order valence-electron chi connectivity index (χ4n) is 3.99. The number of nitrogens with zero attached hydrogens (tertiary/aromatic N) is 1. The maximum absolute atomic E-state index is 12.9. The Kier molecular flexibility index (Phi) is 4.65. The van der Waals surface area contributed by atoms with Crippen molar-refractivity contribution >= 4 is 33.8 Å². The van der Waals surface area contributed by atoms with Gasteiger partial charge in [0.05, 0.1) is 5.56 Å². The molecule has 1 atom stereocenters. The quantitative estimate of drug-likeness (QED) is 0.603. The topological polar surface area (TPSA) is 57.5 Å². The van der Waals surface area contributed by atoms with E-state index < -0.39 is 0 Å². The molecule has 29 heavy (non-hydrogen) atoms. The summed E-state index contributed by atoms with van der Waals surface area (Å²) in [6, 6.07) is 9.68. The Balaban J connectivity index is 1.42. The summed E-state index contributed by atoms with van der Waals surface area (Å²) in [5.41, 5.74) is 3.96. The fraction of sp³-hybridized carbons (Fsp3) is 0.318. The number of thiophene rings is 1. The second-order valence-electron chi connectivity index (χ2n) is 7.54. The van der Waals surface area contributed by atoms with Crippen LogP contribution in [0.15, 0.2) is 34.7 Å². The first kappa shape index (κ1) is 18.7. The number of anilines is 1. The minimum atomic E-state index is -0.382. The van der Waals surface area contributed by atoms with Crippen LogP contribution in [0.5, 0.6) is 0 Å². The minimum absolute atomic E-state index is 0.0254. The van der Waals surface area contributed by atoms with Gasteiger partial charge in [-0.15, -0.1) is 11.3 Å². The molecule has 2 N–H and O–H groups in total. The number of likely N-dealkylation sites (N-methyl/N-ethyl adjacent to an activating group) is 1. The first-order chi connectivity index (χ1) is 14.0. The molecule has 2 aliphatic heterocycles. The van der Waals surface area contributed by atoms with Gasteiger partial charge in [0.25, 0.3) is 5.91 Å². The highest BCUT2D eigenvalue weighted by Crippen LogP contribution is 2.41. The molecule has 0 saturated carbocycles. The summed E-state index contributed by atoms with van der Waals surface area (Å²) in [7, 11) is 0. The van der Waals surface area contributed by atoms with Crippen LogP contribution in [0, 0.1) is 6.92 Å². The predicted molar refractivity (Wildman–Crippen MR) is 117 cm³/mol. The van der Waals surface area contributed by atoms with Gasteiger partial charge in [0.1, 0.15) is 16.5 Å². The van der Waals surface area contributed by atoms with Crippen molar-refractivity contribution < 1.29 is 9.21 Å². The van der Waals surface area contributed by atoms with Crippen LogP contribution >= 0.6 is 22.9 Å². The first-order valence-electron chi connectivity index (χ1n) is 9.84. The van der Waals surface area contributed by atoms with Crippen molar-refractivity contribution in [3.05, 3.63) is 62.7 Å². The van der Waals surface area contributed by atoms with E-state index >= 15 is 0 Å². The first-order valence-corrected chi connectivity index (χ1v) is 11.0. The predicted octanol–water partition coefficient (Wildman–Crippen LogP) is 5.20. The Labute approximate surface area is 178 Å². The van der Waals surface area contributed by atoms with Crippen molar-refractivity contribution in [3.8, 4) is 11.3 Å². The van der Waals surface area contributed by atoms with Crippen LogP contribution in [0.25, 0.3) is 11.3 Å². The molecule has 150 valence electrons. The molecule has 1 unspecified atom stereocenters. The third kappa shape index (κ3) is 3.25. The maximum Gasteiger partial charge on any atom is 0.256 e. The second kappa shape index (κ2) is 7.20. The molecule has 0 aliphatic carbocycles. The van der Waals surface area contributed by atoms with E-state index in [1.165, 1.54) is 10.4 Å². The van der Waals surface area contributed by atoms with Gasteiger partial charge in [-0.1, -0.05) is 30.7 Å². The van der Waals surface area contributed by atoms with Gasteiger partial charge in [0, 0.05) is 28.6 Å². The van der Waals surface area contributed by atoms with Crippen molar-refractivity contribution in [2.45, 2.75) is 33.0 Å². The van der Waals surface area contributed by atoms with E-state index in [1.807, 2.05) is 37.3 Å². The summed E-state index contributed by atoms with van der Waals surface area (Å²) in [6.07, 6.45) is 0.542. The summed E-state index contributed by atoms with van der Waals surface area (Å²) >= 11 is 7.94. The van der Waals surface area contributed by atoms with E-state index in [-0.39, 0.29) is 12.1 Å².